The van der Waals surface area contributed by atoms with E-state index in [0.29, 0.717) is 19.5 Å². The minimum Gasteiger partial charge on any atom is -0.480 e. The Morgan fingerprint density at radius 3 is 1.12 bits per heavy atom. The first-order chi connectivity index (χ1) is 57.2. The van der Waals surface area contributed by atoms with Crippen molar-refractivity contribution in [1.82, 2.24) is 39.1 Å². The lowest BCUT2D eigenvalue weighted by molar-refractivity contribution is -0.143. The van der Waals surface area contributed by atoms with Crippen LogP contribution >= 0.6 is 63.7 Å². The first-order valence-corrected chi connectivity index (χ1v) is 42.3. The average Bonchev–Trinajstić information content (AvgIpc) is 1.62. The SMILES string of the molecule is BrCc1ccc(Br)cc1.CN(C(=O)OC(C)(C)C)[C@@H](Cc1c[nH]c2ccccc12)C(=O)O.CN(C(=O)OC(C)(C)C)[C@@H](Cc1cn(Cc2ccc(Br)cc2)c2ccccc12)C(=O)O.CN(C(=O)OCC1c2ccccc2-c2ccccc21)[C@@H](Cc1cn(Cc2ccc(Br)cc2)c2ccccc12)C(=O)O.CN[C@@H](Cc1c[nH]c2ccccc12)C(=O)O. The van der Waals surface area contributed by atoms with Crippen molar-refractivity contribution >= 4 is 149 Å². The second-order valence-corrected chi connectivity index (χ2v) is 34.3. The summed E-state index contributed by atoms with van der Waals surface area (Å²) in [6, 6.07) is 68.4. The van der Waals surface area contributed by atoms with Crippen molar-refractivity contribution in [2.24, 2.45) is 0 Å². The number of ether oxygens (including phenoxy) is 3. The zero-order chi connectivity index (χ0) is 86.7. The first kappa shape index (κ1) is 91.0. The van der Waals surface area contributed by atoms with Crippen molar-refractivity contribution in [3.8, 4) is 11.1 Å². The van der Waals surface area contributed by atoms with E-state index in [1.165, 1.54) is 31.6 Å². The number of amides is 3. The van der Waals surface area contributed by atoms with E-state index in [0.717, 1.165) is 128 Å². The van der Waals surface area contributed by atoms with Gasteiger partial charge in [-0.1, -0.05) is 221 Å². The summed E-state index contributed by atoms with van der Waals surface area (Å²) in [4.78, 5) is 94.6. The van der Waals surface area contributed by atoms with E-state index in [-0.39, 0.29) is 31.8 Å². The number of aliphatic carboxylic acids is 4. The number of nitrogens with zero attached hydrogens (tertiary/aromatic N) is 5. The number of carbonyl (C=O) groups excluding carboxylic acids is 3. The van der Waals surface area contributed by atoms with Crippen molar-refractivity contribution in [1.29, 1.82) is 0 Å². The molecule has 13 aromatic rings. The van der Waals surface area contributed by atoms with Gasteiger partial charge in [0.1, 0.15) is 42.0 Å². The standard InChI is InChI=1S/C34H29BrN2O4.C24H27BrN2O4.C17H22N2O4.C12H14N2O2.C7H6Br2/c1-36(34(40)41-21-30-28-11-4-2-9-26(28)27-10-3-5-12-29(27)30)32(33(38)39)18-23-20-37(31-13-7-6-8-25(23)31)19-22-14-16-24(35)17-15-22;1-24(2,3)31-23(30)26(4)21(22(28)29)13-17-15-27(20-8-6-5-7-19(17)20)14-16-9-11-18(25)12-10-16;1-17(2,3)23-16(22)19(4)14(15(20)21)9-11-10-18-13-8-6-5-7-12(11)13;1-13-11(12(15)16)6-8-7-14-10-5-3-2-4-9(8)10;8-5-6-1-3-7(9)4-2-6/h2-17,20,30,32H,18-19,21H2,1H3,(H,38,39);5-12,15,21H,13-14H2,1-4H3,(H,28,29);5-8,10,14,18H,9H2,1-4H3,(H,20,21);2-5,7,11,13-14H,6H2,1H3,(H,15,16);1-4H,5H2/t32-;21-;14-;11-;/m0000./s1. The Labute approximate surface area is 731 Å². The molecule has 1 aliphatic carbocycles. The highest BCUT2D eigenvalue weighted by molar-refractivity contribution is 9.11. The highest BCUT2D eigenvalue weighted by atomic mass is 79.9. The number of hydrogen-bond acceptors (Lipinski definition) is 11. The Morgan fingerprint density at radius 2 is 0.758 bits per heavy atom. The number of carboxylic acids is 4. The minimum atomic E-state index is -1.09. The number of benzene rings is 9. The second kappa shape index (κ2) is 41.6. The molecule has 0 saturated carbocycles. The molecule has 26 heteroatoms. The lowest BCUT2D eigenvalue weighted by Gasteiger charge is -2.28. The van der Waals surface area contributed by atoms with Crippen LogP contribution in [0.15, 0.2) is 257 Å². The van der Waals surface area contributed by atoms with Gasteiger partial charge in [0.2, 0.25) is 0 Å². The van der Waals surface area contributed by atoms with Crippen molar-refractivity contribution in [3.63, 3.8) is 0 Å². The third-order valence-corrected chi connectivity index (χ3v) is 22.5. The largest absolute Gasteiger partial charge is 0.480 e. The molecule has 626 valence electrons. The van der Waals surface area contributed by atoms with Gasteiger partial charge in [0.15, 0.2) is 0 Å². The van der Waals surface area contributed by atoms with Crippen LogP contribution in [0, 0.1) is 0 Å². The number of aromatic nitrogens is 4. The fraction of sp³-hybridized carbons (Fsp3) is 0.266. The summed E-state index contributed by atoms with van der Waals surface area (Å²) < 4.78 is 23.8. The number of rotatable bonds is 23. The van der Waals surface area contributed by atoms with E-state index < -0.39 is 77.5 Å². The van der Waals surface area contributed by atoms with Crippen molar-refractivity contribution in [2.45, 2.75) is 127 Å². The molecule has 1 aliphatic rings. The maximum Gasteiger partial charge on any atom is 0.410 e. The number of carbonyl (C=O) groups is 7. The van der Waals surface area contributed by atoms with Crippen molar-refractivity contribution in [3.05, 3.63) is 307 Å². The Morgan fingerprint density at radius 1 is 0.425 bits per heavy atom. The van der Waals surface area contributed by atoms with Crippen LogP contribution in [0.1, 0.15) is 97.5 Å². The van der Waals surface area contributed by atoms with E-state index in [2.05, 4.69) is 149 Å². The Bertz CT molecular complexity index is 5670. The lowest BCUT2D eigenvalue weighted by Crippen LogP contribution is -2.46. The number of aromatic amines is 2. The zero-order valence-electron chi connectivity index (χ0n) is 68.3. The molecule has 0 aliphatic heterocycles. The molecule has 14 rings (SSSR count). The smallest absolute Gasteiger partial charge is 0.410 e. The third-order valence-electron chi connectivity index (χ3n) is 20.2. The van der Waals surface area contributed by atoms with Crippen molar-refractivity contribution in [2.75, 3.05) is 34.8 Å². The molecule has 0 spiro atoms. The van der Waals surface area contributed by atoms with E-state index >= 15 is 0 Å². The minimum absolute atomic E-state index is 0.0976. The summed E-state index contributed by atoms with van der Waals surface area (Å²) in [6.45, 7) is 11.9. The molecule has 22 nitrogen and oxygen atoms in total. The molecule has 4 aromatic heterocycles. The highest BCUT2D eigenvalue weighted by Crippen LogP contribution is 2.45. The van der Waals surface area contributed by atoms with Gasteiger partial charge >= 0.3 is 42.2 Å². The normalized spacial score (nSPS) is 12.6. The highest BCUT2D eigenvalue weighted by Gasteiger charge is 2.36. The lowest BCUT2D eigenvalue weighted by atomic mass is 9.98. The average molecular weight is 1880 g/mol. The van der Waals surface area contributed by atoms with Gasteiger partial charge in [0.05, 0.1) is 0 Å². The topological polar surface area (TPSA) is 291 Å². The number of likely N-dealkylation sites (N-methyl/N-ethyl adjacent to an activating group) is 4. The Kier molecular flexibility index (Phi) is 31.6. The number of para-hydroxylation sites is 4. The molecule has 4 atom stereocenters. The number of H-pyrrole nitrogens is 2. The number of alkyl halides is 1. The summed E-state index contributed by atoms with van der Waals surface area (Å²) in [6.07, 6.45) is 6.69. The Balaban J connectivity index is 0.000000169. The summed E-state index contributed by atoms with van der Waals surface area (Å²) in [5, 5.41) is 46.2. The fourth-order valence-electron chi connectivity index (χ4n) is 14.1. The predicted octanol–water partition coefficient (Wildman–Crippen LogP) is 20.4. The van der Waals surface area contributed by atoms with Crippen LogP contribution in [0.3, 0.4) is 0 Å². The van der Waals surface area contributed by atoms with Gasteiger partial charge in [-0.2, -0.15) is 0 Å². The molecule has 7 N–H and O–H groups in total. The number of nitrogens with one attached hydrogen (secondary N) is 3. The summed E-state index contributed by atoms with van der Waals surface area (Å²) in [7, 11) is 6.07. The predicted molar refractivity (Wildman–Crippen MR) is 484 cm³/mol. The molecule has 3 amide bonds. The van der Waals surface area contributed by atoms with Gasteiger partial charge in [-0.3, -0.25) is 19.5 Å². The van der Waals surface area contributed by atoms with Crippen LogP contribution in [0.5, 0.6) is 0 Å². The maximum atomic E-state index is 13.2. The van der Waals surface area contributed by atoms with E-state index in [9.17, 15) is 48.9 Å². The maximum absolute atomic E-state index is 13.2. The van der Waals surface area contributed by atoms with E-state index in [1.807, 2.05) is 176 Å². The van der Waals surface area contributed by atoms with Gasteiger partial charge in [0, 0.05) is 153 Å². The quantitative estimate of drug-likeness (QED) is 0.0231. The van der Waals surface area contributed by atoms with Gasteiger partial charge in [-0.05, 0) is 170 Å². The molecule has 4 heterocycles. The van der Waals surface area contributed by atoms with E-state index in [4.69, 9.17) is 19.3 Å². The monoisotopic (exact) mass is 1880 g/mol. The molecular formula is C94H98Br4N8O14. The molecule has 9 aromatic carbocycles. The molecule has 120 heavy (non-hydrogen) atoms. The summed E-state index contributed by atoms with van der Waals surface area (Å²) in [5.74, 6) is -4.14. The number of halogens is 4. The fourth-order valence-corrected chi connectivity index (χ4v) is 15.2. The third kappa shape index (κ3) is 24.3. The van der Waals surface area contributed by atoms with Crippen LogP contribution in [-0.4, -0.2) is 167 Å². The molecule has 0 fully saturated rings. The van der Waals surface area contributed by atoms with Crippen LogP contribution in [0.25, 0.3) is 54.7 Å². The van der Waals surface area contributed by atoms with Gasteiger partial charge in [-0.25, -0.2) is 28.8 Å². The zero-order valence-corrected chi connectivity index (χ0v) is 74.6. The van der Waals surface area contributed by atoms with Gasteiger partial charge < -0.3 is 59.1 Å². The van der Waals surface area contributed by atoms with Crippen LogP contribution < -0.4 is 5.32 Å². The summed E-state index contributed by atoms with van der Waals surface area (Å²) in [5.41, 5.74) is 14.3. The van der Waals surface area contributed by atoms with Crippen LogP contribution in [0.2, 0.25) is 0 Å². The number of hydrogen-bond donors (Lipinski definition) is 7. The Hall–Kier alpha value is -11.3. The summed E-state index contributed by atoms with van der Waals surface area (Å²) >= 11 is 13.7. The molecule has 0 radical (unpaired) electrons. The van der Waals surface area contributed by atoms with Crippen LogP contribution in [0.4, 0.5) is 14.4 Å². The van der Waals surface area contributed by atoms with Crippen molar-refractivity contribution < 1.29 is 68.2 Å². The van der Waals surface area contributed by atoms with Crippen LogP contribution in [-0.2, 0) is 77.5 Å². The first-order valence-electron chi connectivity index (χ1n) is 38.8. The number of carboxylic acid groups (broad SMARTS) is 4. The molecular weight excluding hydrogens is 1780 g/mol. The molecule has 0 saturated heterocycles. The van der Waals surface area contributed by atoms with E-state index in [1.54, 1.807) is 54.8 Å². The molecule has 0 unspecified atom stereocenters. The second-order valence-electron chi connectivity index (χ2n) is 31.0. The molecule has 0 bridgehead atoms. The number of fused-ring (bicyclic) bond motifs is 7. The van der Waals surface area contributed by atoms with Gasteiger partial charge in [-0.15, -0.1) is 0 Å². The van der Waals surface area contributed by atoms with Gasteiger partial charge in [0.25, 0.3) is 0 Å².